The van der Waals surface area contributed by atoms with Crippen molar-refractivity contribution in [1.82, 2.24) is 0 Å². The summed E-state index contributed by atoms with van der Waals surface area (Å²) in [6.07, 6.45) is 1.87. The number of rotatable bonds is 4. The summed E-state index contributed by atoms with van der Waals surface area (Å²) >= 11 is 0. The summed E-state index contributed by atoms with van der Waals surface area (Å²) in [5.74, 6) is 1.52. The first-order valence-electron chi connectivity index (χ1n) is 6.91. The van der Waals surface area contributed by atoms with Crippen LogP contribution in [-0.4, -0.2) is 30.1 Å². The van der Waals surface area contributed by atoms with Gasteiger partial charge in [0.2, 0.25) is 0 Å². The third-order valence-electron chi connectivity index (χ3n) is 3.65. The van der Waals surface area contributed by atoms with E-state index < -0.39 is 12.3 Å². The molecule has 4 nitrogen and oxygen atoms in total. The van der Waals surface area contributed by atoms with Crippen molar-refractivity contribution in [3.63, 3.8) is 0 Å². The van der Waals surface area contributed by atoms with Crippen LogP contribution in [0.4, 0.5) is 4.79 Å². The van der Waals surface area contributed by atoms with E-state index in [0.29, 0.717) is 17.8 Å². The quantitative estimate of drug-likeness (QED) is 0.788. The van der Waals surface area contributed by atoms with Gasteiger partial charge >= 0.3 is 6.16 Å². The summed E-state index contributed by atoms with van der Waals surface area (Å²) < 4.78 is 10.3. The normalized spacial score (nSPS) is 30.0. The van der Waals surface area contributed by atoms with Gasteiger partial charge < -0.3 is 14.6 Å². The van der Waals surface area contributed by atoms with Gasteiger partial charge in [-0.15, -0.1) is 0 Å². The highest BCUT2D eigenvalue weighted by atomic mass is 16.7. The lowest BCUT2D eigenvalue weighted by Gasteiger charge is -2.36. The second-order valence-corrected chi connectivity index (χ2v) is 5.89. The van der Waals surface area contributed by atoms with Crippen molar-refractivity contribution < 1.29 is 19.4 Å². The van der Waals surface area contributed by atoms with Gasteiger partial charge in [-0.2, -0.15) is 0 Å². The SMILES string of the molecule is CC1CC[C@@H](C(C)C)[C@H](OC(=O)OC[C@@H](C)O)C1. The largest absolute Gasteiger partial charge is 0.508 e. The molecule has 0 saturated heterocycles. The molecule has 1 saturated carbocycles. The Bertz CT molecular complexity index is 263. The van der Waals surface area contributed by atoms with Gasteiger partial charge in [0.05, 0.1) is 6.10 Å². The molecule has 0 aromatic carbocycles. The Morgan fingerprint density at radius 1 is 1.33 bits per heavy atom. The van der Waals surface area contributed by atoms with Gasteiger partial charge in [0.1, 0.15) is 12.7 Å². The summed E-state index contributed by atoms with van der Waals surface area (Å²) in [6, 6.07) is 0. The molecule has 4 heteroatoms. The molecular formula is C14H26O4. The van der Waals surface area contributed by atoms with Crippen molar-refractivity contribution in [2.45, 2.75) is 59.2 Å². The highest BCUT2D eigenvalue weighted by molar-refractivity contribution is 5.60. The van der Waals surface area contributed by atoms with Gasteiger partial charge in [0.15, 0.2) is 0 Å². The Hall–Kier alpha value is -0.770. The van der Waals surface area contributed by atoms with Gasteiger partial charge in [0, 0.05) is 0 Å². The molecule has 0 bridgehead atoms. The molecule has 0 heterocycles. The molecule has 1 rings (SSSR count). The van der Waals surface area contributed by atoms with Crippen molar-refractivity contribution in [2.24, 2.45) is 17.8 Å². The smallest absolute Gasteiger partial charge is 0.432 e. The molecule has 0 aliphatic heterocycles. The summed E-state index contributed by atoms with van der Waals surface area (Å²) in [4.78, 5) is 11.5. The van der Waals surface area contributed by atoms with Crippen LogP contribution in [0.5, 0.6) is 0 Å². The van der Waals surface area contributed by atoms with E-state index in [1.54, 1.807) is 6.92 Å². The van der Waals surface area contributed by atoms with Crippen molar-refractivity contribution in [3.05, 3.63) is 0 Å². The molecule has 0 amide bonds. The minimum Gasteiger partial charge on any atom is -0.432 e. The molecular weight excluding hydrogens is 232 g/mol. The maximum absolute atomic E-state index is 11.5. The summed E-state index contributed by atoms with van der Waals surface area (Å²) in [5, 5.41) is 9.06. The van der Waals surface area contributed by atoms with E-state index in [1.165, 1.54) is 6.42 Å². The van der Waals surface area contributed by atoms with Crippen LogP contribution in [-0.2, 0) is 9.47 Å². The molecule has 18 heavy (non-hydrogen) atoms. The fraction of sp³-hybridized carbons (Fsp3) is 0.929. The van der Waals surface area contributed by atoms with Crippen LogP contribution in [0.3, 0.4) is 0 Å². The van der Waals surface area contributed by atoms with Crippen LogP contribution < -0.4 is 0 Å². The molecule has 4 atom stereocenters. The second-order valence-electron chi connectivity index (χ2n) is 5.89. The average Bonchev–Trinajstić information content (AvgIpc) is 2.26. The number of aliphatic hydroxyl groups excluding tert-OH is 1. The molecule has 0 aromatic heterocycles. The number of hydrogen-bond donors (Lipinski definition) is 1. The van der Waals surface area contributed by atoms with E-state index in [1.807, 2.05) is 0 Å². The predicted molar refractivity (Wildman–Crippen MR) is 69.2 cm³/mol. The van der Waals surface area contributed by atoms with Crippen LogP contribution in [0.25, 0.3) is 0 Å². The zero-order chi connectivity index (χ0) is 13.7. The Balaban J connectivity index is 2.47. The molecule has 1 aliphatic rings. The first-order chi connectivity index (χ1) is 8.40. The third-order valence-corrected chi connectivity index (χ3v) is 3.65. The van der Waals surface area contributed by atoms with E-state index in [2.05, 4.69) is 20.8 Å². The standard InChI is InChI=1S/C14H26O4/c1-9(2)12-6-5-10(3)7-13(12)18-14(16)17-8-11(4)15/h9-13,15H,5-8H2,1-4H3/t10?,11-,12+,13-/m1/s1. The number of hydrogen-bond acceptors (Lipinski definition) is 4. The molecule has 0 radical (unpaired) electrons. The number of ether oxygens (including phenoxy) is 2. The molecule has 0 aromatic rings. The van der Waals surface area contributed by atoms with Crippen LogP contribution >= 0.6 is 0 Å². The van der Waals surface area contributed by atoms with E-state index in [0.717, 1.165) is 12.8 Å². The lowest BCUT2D eigenvalue weighted by atomic mass is 9.75. The number of carbonyl (C=O) groups excluding carboxylic acids is 1. The third kappa shape index (κ3) is 4.84. The average molecular weight is 258 g/mol. The van der Waals surface area contributed by atoms with Crippen molar-refractivity contribution >= 4 is 6.16 Å². The first-order valence-corrected chi connectivity index (χ1v) is 6.91. The van der Waals surface area contributed by atoms with E-state index >= 15 is 0 Å². The van der Waals surface area contributed by atoms with Crippen LogP contribution in [0, 0.1) is 17.8 Å². The summed E-state index contributed by atoms with van der Waals surface area (Å²) in [7, 11) is 0. The van der Waals surface area contributed by atoms with Crippen LogP contribution in [0.1, 0.15) is 47.0 Å². The zero-order valence-electron chi connectivity index (χ0n) is 11.9. The maximum atomic E-state index is 11.5. The minimum absolute atomic E-state index is 0.00650. The molecule has 106 valence electrons. The Morgan fingerprint density at radius 3 is 2.56 bits per heavy atom. The predicted octanol–water partition coefficient (Wildman–Crippen LogP) is 2.98. The Labute approximate surface area is 110 Å². The van der Waals surface area contributed by atoms with Gasteiger partial charge in [-0.05, 0) is 37.5 Å². The fourth-order valence-electron chi connectivity index (χ4n) is 2.60. The highest BCUT2D eigenvalue weighted by Gasteiger charge is 2.33. The van der Waals surface area contributed by atoms with E-state index in [-0.39, 0.29) is 12.7 Å². The lowest BCUT2D eigenvalue weighted by Crippen LogP contribution is -2.36. The fourth-order valence-corrected chi connectivity index (χ4v) is 2.60. The molecule has 1 unspecified atom stereocenters. The molecule has 0 spiro atoms. The lowest BCUT2D eigenvalue weighted by molar-refractivity contribution is -0.0412. The first kappa shape index (κ1) is 15.3. The van der Waals surface area contributed by atoms with Gasteiger partial charge in [0.25, 0.3) is 0 Å². The second kappa shape index (κ2) is 6.98. The Morgan fingerprint density at radius 2 is 2.00 bits per heavy atom. The Kier molecular flexibility index (Phi) is 5.93. The van der Waals surface area contributed by atoms with Crippen LogP contribution in [0.15, 0.2) is 0 Å². The number of carbonyl (C=O) groups is 1. The van der Waals surface area contributed by atoms with E-state index in [9.17, 15) is 4.79 Å². The highest BCUT2D eigenvalue weighted by Crippen LogP contribution is 2.35. The monoisotopic (exact) mass is 258 g/mol. The van der Waals surface area contributed by atoms with Crippen molar-refractivity contribution in [2.75, 3.05) is 6.61 Å². The van der Waals surface area contributed by atoms with E-state index in [4.69, 9.17) is 14.6 Å². The molecule has 1 N–H and O–H groups in total. The topological polar surface area (TPSA) is 55.8 Å². The number of aliphatic hydroxyl groups is 1. The van der Waals surface area contributed by atoms with Gasteiger partial charge in [-0.3, -0.25) is 0 Å². The molecule has 1 fully saturated rings. The zero-order valence-corrected chi connectivity index (χ0v) is 11.9. The van der Waals surface area contributed by atoms with Crippen molar-refractivity contribution in [3.8, 4) is 0 Å². The summed E-state index contributed by atoms with van der Waals surface area (Å²) in [5.41, 5.74) is 0. The molecule has 1 aliphatic carbocycles. The van der Waals surface area contributed by atoms with Crippen molar-refractivity contribution in [1.29, 1.82) is 0 Å². The summed E-state index contributed by atoms with van der Waals surface area (Å²) in [6.45, 7) is 8.09. The maximum Gasteiger partial charge on any atom is 0.508 e. The minimum atomic E-state index is -0.652. The van der Waals surface area contributed by atoms with Crippen LogP contribution in [0.2, 0.25) is 0 Å². The van der Waals surface area contributed by atoms with Gasteiger partial charge in [-0.25, -0.2) is 4.79 Å². The van der Waals surface area contributed by atoms with Gasteiger partial charge in [-0.1, -0.05) is 27.2 Å².